The number of nitrogens with one attached hydrogen (secondary N) is 1. The van der Waals surface area contributed by atoms with Crippen LogP contribution in [-0.2, 0) is 19.4 Å². The molecule has 2 aromatic rings. The summed E-state index contributed by atoms with van der Waals surface area (Å²) < 4.78 is 13.5. The molecule has 3 rings (SSSR count). The zero-order valence-corrected chi connectivity index (χ0v) is 11.9. The molecule has 1 unspecified atom stereocenters. The maximum atomic E-state index is 13.5. The Kier molecular flexibility index (Phi) is 4.10. The number of thiazole rings is 1. The van der Waals surface area contributed by atoms with E-state index in [0.717, 1.165) is 17.8 Å². The lowest BCUT2D eigenvalue weighted by Gasteiger charge is -2.12. The maximum absolute atomic E-state index is 13.5. The largest absolute Gasteiger partial charge is 0.387 e. The molecule has 0 amide bonds. The van der Waals surface area contributed by atoms with Gasteiger partial charge in [0.25, 0.3) is 0 Å². The van der Waals surface area contributed by atoms with Crippen LogP contribution < -0.4 is 5.32 Å². The summed E-state index contributed by atoms with van der Waals surface area (Å²) >= 11 is 1.74. The van der Waals surface area contributed by atoms with Crippen LogP contribution in [0.2, 0.25) is 0 Å². The highest BCUT2D eigenvalue weighted by Gasteiger charge is 2.17. The van der Waals surface area contributed by atoms with Gasteiger partial charge in [0.05, 0.1) is 11.8 Å². The molecular weight excluding hydrogens is 275 g/mol. The number of rotatable bonds is 5. The van der Waals surface area contributed by atoms with Crippen molar-refractivity contribution in [2.75, 3.05) is 6.54 Å². The fraction of sp³-hybridized carbons (Fsp3) is 0.400. The standard InChI is InChI=1S/C15H17FN2OS/c16-11-5-2-1-4-10(11)13(19)8-17-9-15-18-12-6-3-7-14(12)20-15/h1-2,4-5,13,17,19H,3,6-9H2. The number of aryl methyl sites for hydroxylation is 2. The van der Waals surface area contributed by atoms with Gasteiger partial charge in [-0.3, -0.25) is 0 Å². The summed E-state index contributed by atoms with van der Waals surface area (Å²) in [5.74, 6) is -0.366. The summed E-state index contributed by atoms with van der Waals surface area (Å²) in [5, 5.41) is 14.2. The third kappa shape index (κ3) is 2.90. The molecule has 0 radical (unpaired) electrons. The van der Waals surface area contributed by atoms with E-state index in [9.17, 15) is 9.50 Å². The van der Waals surface area contributed by atoms with Gasteiger partial charge >= 0.3 is 0 Å². The molecule has 3 nitrogen and oxygen atoms in total. The van der Waals surface area contributed by atoms with E-state index >= 15 is 0 Å². The number of nitrogens with zero attached hydrogens (tertiary/aromatic N) is 1. The lowest BCUT2D eigenvalue weighted by molar-refractivity contribution is 0.169. The van der Waals surface area contributed by atoms with Crippen LogP contribution in [0.4, 0.5) is 4.39 Å². The number of aromatic nitrogens is 1. The highest BCUT2D eigenvalue weighted by molar-refractivity contribution is 7.11. The minimum absolute atomic E-state index is 0.325. The van der Waals surface area contributed by atoms with Crippen molar-refractivity contribution in [1.29, 1.82) is 0 Å². The molecule has 0 aliphatic heterocycles. The Balaban J connectivity index is 1.53. The SMILES string of the molecule is OC(CNCc1nc2c(s1)CCC2)c1ccccc1F. The maximum Gasteiger partial charge on any atom is 0.129 e. The van der Waals surface area contributed by atoms with Crippen LogP contribution in [0.25, 0.3) is 0 Å². The molecule has 1 aliphatic carbocycles. The first-order valence-electron chi connectivity index (χ1n) is 6.84. The van der Waals surface area contributed by atoms with Gasteiger partial charge in [-0.05, 0) is 25.3 Å². The molecule has 20 heavy (non-hydrogen) atoms. The fourth-order valence-corrected chi connectivity index (χ4v) is 3.62. The minimum Gasteiger partial charge on any atom is -0.387 e. The van der Waals surface area contributed by atoms with Crippen molar-refractivity contribution in [3.63, 3.8) is 0 Å². The van der Waals surface area contributed by atoms with E-state index in [0.29, 0.717) is 18.7 Å². The topological polar surface area (TPSA) is 45.1 Å². The summed E-state index contributed by atoms with van der Waals surface area (Å²) in [6, 6.07) is 6.33. The van der Waals surface area contributed by atoms with Gasteiger partial charge in [0.15, 0.2) is 0 Å². The van der Waals surface area contributed by atoms with Gasteiger partial charge in [0, 0.05) is 23.5 Å². The van der Waals surface area contributed by atoms with Crippen LogP contribution >= 0.6 is 11.3 Å². The highest BCUT2D eigenvalue weighted by atomic mass is 32.1. The van der Waals surface area contributed by atoms with E-state index in [-0.39, 0.29) is 5.82 Å². The molecule has 5 heteroatoms. The number of benzene rings is 1. The first-order chi connectivity index (χ1) is 9.74. The number of hydrogen-bond acceptors (Lipinski definition) is 4. The second-order valence-corrected chi connectivity index (χ2v) is 6.17. The summed E-state index contributed by atoms with van der Waals surface area (Å²) in [5.41, 5.74) is 1.57. The molecule has 0 bridgehead atoms. The van der Waals surface area contributed by atoms with E-state index < -0.39 is 6.10 Å². The monoisotopic (exact) mass is 292 g/mol. The van der Waals surface area contributed by atoms with E-state index in [1.165, 1.54) is 23.1 Å². The second-order valence-electron chi connectivity index (χ2n) is 5.00. The Hall–Kier alpha value is -1.30. The van der Waals surface area contributed by atoms with Crippen LogP contribution in [0.3, 0.4) is 0 Å². The Morgan fingerprint density at radius 3 is 3.00 bits per heavy atom. The molecule has 1 aromatic heterocycles. The predicted octanol–water partition coefficient (Wildman–Crippen LogP) is 2.59. The van der Waals surface area contributed by atoms with Gasteiger partial charge in [0.1, 0.15) is 10.8 Å². The average molecular weight is 292 g/mol. The Morgan fingerprint density at radius 1 is 1.35 bits per heavy atom. The van der Waals surface area contributed by atoms with E-state index in [4.69, 9.17) is 0 Å². The second kappa shape index (κ2) is 5.99. The Morgan fingerprint density at radius 2 is 2.20 bits per heavy atom. The van der Waals surface area contributed by atoms with Crippen LogP contribution in [-0.4, -0.2) is 16.6 Å². The summed E-state index contributed by atoms with van der Waals surface area (Å²) in [6.07, 6.45) is 2.62. The number of fused-ring (bicyclic) bond motifs is 1. The average Bonchev–Trinajstić information content (AvgIpc) is 3.00. The highest BCUT2D eigenvalue weighted by Crippen LogP contribution is 2.27. The molecule has 106 valence electrons. The molecule has 0 fully saturated rings. The van der Waals surface area contributed by atoms with Crippen molar-refractivity contribution in [1.82, 2.24) is 10.3 Å². The van der Waals surface area contributed by atoms with E-state index in [1.54, 1.807) is 29.5 Å². The molecule has 1 aliphatic rings. The molecule has 0 spiro atoms. The van der Waals surface area contributed by atoms with Crippen molar-refractivity contribution in [3.05, 3.63) is 51.2 Å². The van der Waals surface area contributed by atoms with Crippen LogP contribution in [0.15, 0.2) is 24.3 Å². The van der Waals surface area contributed by atoms with Crippen molar-refractivity contribution in [2.24, 2.45) is 0 Å². The summed E-state index contributed by atoms with van der Waals surface area (Å²) in [4.78, 5) is 5.98. The van der Waals surface area contributed by atoms with Gasteiger partial charge < -0.3 is 10.4 Å². The van der Waals surface area contributed by atoms with Crippen molar-refractivity contribution in [3.8, 4) is 0 Å². The van der Waals surface area contributed by atoms with Gasteiger partial charge in [-0.2, -0.15) is 0 Å². The van der Waals surface area contributed by atoms with Gasteiger partial charge in [-0.15, -0.1) is 11.3 Å². The van der Waals surface area contributed by atoms with Gasteiger partial charge in [-0.25, -0.2) is 9.37 Å². The molecule has 0 saturated carbocycles. The van der Waals surface area contributed by atoms with Crippen molar-refractivity contribution in [2.45, 2.75) is 31.9 Å². The number of hydrogen-bond donors (Lipinski definition) is 2. The lowest BCUT2D eigenvalue weighted by Crippen LogP contribution is -2.21. The van der Waals surface area contributed by atoms with Gasteiger partial charge in [0.2, 0.25) is 0 Å². The van der Waals surface area contributed by atoms with Crippen LogP contribution in [0, 0.1) is 5.82 Å². The minimum atomic E-state index is -0.831. The van der Waals surface area contributed by atoms with Crippen LogP contribution in [0.5, 0.6) is 0 Å². The summed E-state index contributed by atoms with van der Waals surface area (Å²) in [7, 11) is 0. The summed E-state index contributed by atoms with van der Waals surface area (Å²) in [6.45, 7) is 0.953. The molecular formula is C15H17FN2OS. The fourth-order valence-electron chi connectivity index (χ4n) is 2.49. The smallest absolute Gasteiger partial charge is 0.129 e. The number of aliphatic hydroxyl groups is 1. The Bertz CT molecular complexity index is 578. The van der Waals surface area contributed by atoms with Crippen molar-refractivity contribution < 1.29 is 9.50 Å². The molecule has 2 N–H and O–H groups in total. The van der Waals surface area contributed by atoms with Crippen LogP contribution in [0.1, 0.15) is 33.7 Å². The Labute approximate surface area is 121 Å². The first kappa shape index (κ1) is 13.7. The first-order valence-corrected chi connectivity index (χ1v) is 7.66. The number of aliphatic hydroxyl groups excluding tert-OH is 1. The molecule has 1 atom stereocenters. The third-order valence-electron chi connectivity index (χ3n) is 3.52. The molecule has 1 heterocycles. The molecule has 0 saturated heterocycles. The van der Waals surface area contributed by atoms with Gasteiger partial charge in [-0.1, -0.05) is 18.2 Å². The zero-order chi connectivity index (χ0) is 13.9. The number of halogens is 1. The quantitative estimate of drug-likeness (QED) is 0.890. The van der Waals surface area contributed by atoms with E-state index in [2.05, 4.69) is 10.3 Å². The lowest BCUT2D eigenvalue weighted by atomic mass is 10.1. The normalized spacial score (nSPS) is 15.3. The predicted molar refractivity (Wildman–Crippen MR) is 77.2 cm³/mol. The third-order valence-corrected chi connectivity index (χ3v) is 4.68. The zero-order valence-electron chi connectivity index (χ0n) is 11.1. The van der Waals surface area contributed by atoms with E-state index in [1.807, 2.05) is 0 Å². The van der Waals surface area contributed by atoms with Crippen molar-refractivity contribution >= 4 is 11.3 Å². The molecule has 1 aromatic carbocycles.